The molecule has 0 N–H and O–H groups in total. The van der Waals surface area contributed by atoms with Crippen molar-refractivity contribution in [1.29, 1.82) is 0 Å². The Balaban J connectivity index is 1.62. The molecule has 0 unspecified atom stereocenters. The maximum Gasteiger partial charge on any atom is 0.266 e. The molecule has 7 heteroatoms. The van der Waals surface area contributed by atoms with Crippen LogP contribution in [0.4, 0.5) is 11.4 Å². The summed E-state index contributed by atoms with van der Waals surface area (Å²) in [6, 6.07) is 15.8. The van der Waals surface area contributed by atoms with E-state index in [2.05, 4.69) is 35.0 Å². The average Bonchev–Trinajstić information content (AvgIpc) is 3.24. The Hall–Kier alpha value is -2.15. The van der Waals surface area contributed by atoms with Gasteiger partial charge in [0.2, 0.25) is 0 Å². The lowest BCUT2D eigenvalue weighted by Gasteiger charge is -2.17. The van der Waals surface area contributed by atoms with Gasteiger partial charge in [-0.05, 0) is 62.0 Å². The van der Waals surface area contributed by atoms with Gasteiger partial charge in [0.25, 0.3) is 5.91 Å². The van der Waals surface area contributed by atoms with Gasteiger partial charge in [-0.15, -0.1) is 0 Å². The number of carbonyl (C=O) groups is 1. The molecule has 1 amide bonds. The third kappa shape index (κ3) is 3.97. The summed E-state index contributed by atoms with van der Waals surface area (Å²) >= 11 is 9.35. The third-order valence-electron chi connectivity index (χ3n) is 4.60. The Morgan fingerprint density at radius 2 is 1.69 bits per heavy atom. The highest BCUT2D eigenvalue weighted by Crippen LogP contribution is 2.45. The Kier molecular flexibility index (Phi) is 6.04. The molecule has 2 aromatic carbocycles. The molecule has 4 rings (SSSR count). The lowest BCUT2D eigenvalue weighted by molar-refractivity contribution is -0.122. The number of aliphatic imine (C=N–C) groups is 1. The highest BCUT2D eigenvalue weighted by Gasteiger charge is 2.32. The van der Waals surface area contributed by atoms with Gasteiger partial charge < -0.3 is 4.90 Å². The number of nitrogens with zero attached hydrogens (tertiary/aromatic N) is 3. The van der Waals surface area contributed by atoms with Gasteiger partial charge in [0.05, 0.1) is 26.3 Å². The van der Waals surface area contributed by atoms with Gasteiger partial charge in [-0.3, -0.25) is 9.69 Å². The summed E-state index contributed by atoms with van der Waals surface area (Å²) in [6.45, 7) is 5.52. The first kappa shape index (κ1) is 20.1. The first-order valence-electron chi connectivity index (χ1n) is 9.41. The second-order valence-electron chi connectivity index (χ2n) is 6.35. The number of allylic oxidation sites excluding steroid dienone is 2. The molecule has 0 saturated carbocycles. The molecule has 2 aromatic rings. The summed E-state index contributed by atoms with van der Waals surface area (Å²) in [4.78, 5) is 23.3. The van der Waals surface area contributed by atoms with Crippen LogP contribution in [-0.2, 0) is 4.79 Å². The van der Waals surface area contributed by atoms with Gasteiger partial charge in [-0.25, -0.2) is 4.99 Å². The number of amides is 1. The zero-order valence-electron chi connectivity index (χ0n) is 16.1. The minimum absolute atomic E-state index is 0.0243. The molecule has 0 atom stereocenters. The molecule has 0 spiro atoms. The Morgan fingerprint density at radius 3 is 2.45 bits per heavy atom. The summed E-state index contributed by atoms with van der Waals surface area (Å²) in [7, 11) is 0. The van der Waals surface area contributed by atoms with E-state index < -0.39 is 0 Å². The van der Waals surface area contributed by atoms with Crippen molar-refractivity contribution in [3.05, 3.63) is 75.6 Å². The largest absolute Gasteiger partial charge is 0.335 e. The van der Waals surface area contributed by atoms with Crippen LogP contribution in [0.15, 0.2) is 80.5 Å². The van der Waals surface area contributed by atoms with E-state index in [9.17, 15) is 4.79 Å². The van der Waals surface area contributed by atoms with Crippen LogP contribution < -0.4 is 4.90 Å². The van der Waals surface area contributed by atoms with E-state index >= 15 is 0 Å². The molecule has 1 saturated heterocycles. The predicted molar refractivity (Wildman–Crippen MR) is 125 cm³/mol. The number of benzene rings is 2. The number of anilines is 1. The van der Waals surface area contributed by atoms with Crippen molar-refractivity contribution in [2.45, 2.75) is 18.7 Å². The van der Waals surface area contributed by atoms with E-state index in [0.717, 1.165) is 11.6 Å². The van der Waals surface area contributed by atoms with Crippen molar-refractivity contribution < 1.29 is 4.79 Å². The number of halogens is 1. The number of hydrogen-bond donors (Lipinski definition) is 0. The normalized spacial score (nSPS) is 20.4. The molecule has 0 bridgehead atoms. The fraction of sp³-hybridized carbons (Fsp3) is 0.182. The molecule has 148 valence electrons. The first-order chi connectivity index (χ1) is 14.1. The number of likely N-dealkylation sites (N-methyl/N-ethyl adjacent to an activating group) is 1. The van der Waals surface area contributed by atoms with Crippen LogP contribution in [0, 0.1) is 0 Å². The van der Waals surface area contributed by atoms with Crippen molar-refractivity contribution in [2.75, 3.05) is 18.0 Å². The highest BCUT2D eigenvalue weighted by atomic mass is 35.5. The SMILES string of the molecule is CCN1C(=O)/C(=C/C=C2\Sc3ccccc3N2CC)SC1=Nc1ccccc1Cl. The fourth-order valence-corrected chi connectivity index (χ4v) is 5.48. The van der Waals surface area contributed by atoms with Gasteiger partial charge in [0.15, 0.2) is 5.17 Å². The van der Waals surface area contributed by atoms with Gasteiger partial charge in [-0.1, -0.05) is 47.6 Å². The number of para-hydroxylation sites is 2. The average molecular weight is 442 g/mol. The van der Waals surface area contributed by atoms with Crippen LogP contribution in [0.3, 0.4) is 0 Å². The van der Waals surface area contributed by atoms with E-state index in [-0.39, 0.29) is 5.91 Å². The molecular weight excluding hydrogens is 422 g/mol. The Labute approximate surface area is 184 Å². The maximum absolute atomic E-state index is 12.9. The van der Waals surface area contributed by atoms with Gasteiger partial charge in [0, 0.05) is 18.0 Å². The third-order valence-corrected chi connectivity index (χ3v) is 7.08. The number of amidine groups is 1. The number of thioether (sulfide) groups is 2. The van der Waals surface area contributed by atoms with Crippen LogP contribution in [0.1, 0.15) is 13.8 Å². The smallest absolute Gasteiger partial charge is 0.266 e. The molecule has 1 fully saturated rings. The molecule has 29 heavy (non-hydrogen) atoms. The molecule has 0 radical (unpaired) electrons. The van der Waals surface area contributed by atoms with E-state index in [1.54, 1.807) is 22.7 Å². The number of rotatable bonds is 4. The van der Waals surface area contributed by atoms with Crippen LogP contribution in [-0.4, -0.2) is 29.1 Å². The Bertz CT molecular complexity index is 1050. The highest BCUT2D eigenvalue weighted by molar-refractivity contribution is 8.18. The minimum atomic E-state index is -0.0243. The summed E-state index contributed by atoms with van der Waals surface area (Å²) < 4.78 is 0. The fourth-order valence-electron chi connectivity index (χ4n) is 3.18. The number of fused-ring (bicyclic) bond motifs is 1. The molecule has 0 aliphatic carbocycles. The summed E-state index contributed by atoms with van der Waals surface area (Å²) in [5.41, 5.74) is 1.88. The lowest BCUT2D eigenvalue weighted by Crippen LogP contribution is -2.28. The summed E-state index contributed by atoms with van der Waals surface area (Å²) in [6.07, 6.45) is 3.93. The van der Waals surface area contributed by atoms with E-state index in [0.29, 0.717) is 27.3 Å². The zero-order valence-corrected chi connectivity index (χ0v) is 18.5. The monoisotopic (exact) mass is 441 g/mol. The van der Waals surface area contributed by atoms with Gasteiger partial charge >= 0.3 is 0 Å². The van der Waals surface area contributed by atoms with Crippen LogP contribution in [0.2, 0.25) is 5.02 Å². The van der Waals surface area contributed by atoms with Crippen molar-refractivity contribution in [2.24, 2.45) is 4.99 Å². The zero-order chi connectivity index (χ0) is 20.4. The van der Waals surface area contributed by atoms with Crippen LogP contribution in [0.25, 0.3) is 0 Å². The quantitative estimate of drug-likeness (QED) is 0.523. The predicted octanol–water partition coefficient (Wildman–Crippen LogP) is 6.28. The van der Waals surface area contributed by atoms with E-state index in [1.807, 2.05) is 43.3 Å². The molecule has 0 aromatic heterocycles. The standard InChI is InChI=1S/C22H20ClN3OS2/c1-3-25-17-11-7-8-12-18(17)28-20(25)14-13-19-21(27)26(4-2)22(29-19)24-16-10-6-5-9-15(16)23/h5-14H,3-4H2,1-2H3/b19-13-,20-14-,24-22?. The van der Waals surface area contributed by atoms with Crippen molar-refractivity contribution in [1.82, 2.24) is 4.90 Å². The van der Waals surface area contributed by atoms with Gasteiger partial charge in [0.1, 0.15) is 0 Å². The second kappa shape index (κ2) is 8.69. The molecule has 2 heterocycles. The van der Waals surface area contributed by atoms with Crippen molar-refractivity contribution in [3.8, 4) is 0 Å². The minimum Gasteiger partial charge on any atom is -0.335 e. The Morgan fingerprint density at radius 1 is 0.966 bits per heavy atom. The number of carbonyl (C=O) groups excluding carboxylic acids is 1. The summed E-state index contributed by atoms with van der Waals surface area (Å²) in [5, 5.41) is 2.35. The molecule has 2 aliphatic rings. The lowest BCUT2D eigenvalue weighted by atomic mass is 10.3. The van der Waals surface area contributed by atoms with Crippen molar-refractivity contribution >= 4 is 57.6 Å². The van der Waals surface area contributed by atoms with E-state index in [1.165, 1.54) is 22.3 Å². The van der Waals surface area contributed by atoms with Crippen LogP contribution in [0.5, 0.6) is 0 Å². The van der Waals surface area contributed by atoms with E-state index in [4.69, 9.17) is 11.6 Å². The topological polar surface area (TPSA) is 35.9 Å². The second-order valence-corrected chi connectivity index (χ2v) is 8.83. The molecule has 2 aliphatic heterocycles. The molecular formula is C22H20ClN3OS2. The van der Waals surface area contributed by atoms with Crippen molar-refractivity contribution in [3.63, 3.8) is 0 Å². The molecule has 4 nitrogen and oxygen atoms in total. The summed E-state index contributed by atoms with van der Waals surface area (Å²) in [5.74, 6) is -0.0243. The number of hydrogen-bond acceptors (Lipinski definition) is 5. The maximum atomic E-state index is 12.9. The van der Waals surface area contributed by atoms with Gasteiger partial charge in [-0.2, -0.15) is 0 Å². The first-order valence-corrected chi connectivity index (χ1v) is 11.4. The van der Waals surface area contributed by atoms with Crippen LogP contribution >= 0.6 is 35.1 Å².